The molecule has 34 heavy (non-hydrogen) atoms. The summed E-state index contributed by atoms with van der Waals surface area (Å²) in [5.41, 5.74) is 11.3. The Morgan fingerprint density at radius 3 is 1.29 bits per heavy atom. The summed E-state index contributed by atoms with van der Waals surface area (Å²) in [5.74, 6) is 6.63. The molecule has 1 fully saturated rings. The van der Waals surface area contributed by atoms with Crippen molar-refractivity contribution >= 4 is 28.6 Å². The van der Waals surface area contributed by atoms with Crippen LogP contribution in [-0.2, 0) is 0 Å². The van der Waals surface area contributed by atoms with Crippen LogP contribution in [0, 0.1) is 22.9 Å². The summed E-state index contributed by atoms with van der Waals surface area (Å²) in [5, 5.41) is 0. The van der Waals surface area contributed by atoms with Gasteiger partial charge in [0, 0.05) is 23.6 Å². The Hall–Kier alpha value is -2.67. The first-order valence-electron chi connectivity index (χ1n) is 12.4. The first-order valence-corrected chi connectivity index (χ1v) is 19.4. The normalized spacial score (nSPS) is 18.9. The van der Waals surface area contributed by atoms with Crippen molar-refractivity contribution in [3.8, 4) is 22.9 Å². The predicted molar refractivity (Wildman–Crippen MR) is 155 cm³/mol. The summed E-state index contributed by atoms with van der Waals surface area (Å²) in [4.78, 5) is 9.88. The molecule has 1 aliphatic rings. The summed E-state index contributed by atoms with van der Waals surface area (Å²) < 4.78 is 0. The maximum atomic E-state index is 4.94. The largest absolute Gasteiger partial charge is 0.287 e. The van der Waals surface area contributed by atoms with Crippen LogP contribution in [0.2, 0.25) is 39.3 Å². The summed E-state index contributed by atoms with van der Waals surface area (Å²) in [6, 6.07) is 17.4. The van der Waals surface area contributed by atoms with Crippen LogP contribution >= 0.6 is 0 Å². The molecule has 0 radical (unpaired) electrons. The third-order valence-electron chi connectivity index (χ3n) is 5.51. The van der Waals surface area contributed by atoms with Gasteiger partial charge in [0.1, 0.15) is 16.1 Å². The van der Waals surface area contributed by atoms with Gasteiger partial charge in [-0.15, -0.1) is 11.1 Å². The summed E-state index contributed by atoms with van der Waals surface area (Å²) in [6.07, 6.45) is 8.68. The molecular formula is C30H38N2Si2. The van der Waals surface area contributed by atoms with Crippen molar-refractivity contribution < 1.29 is 0 Å². The van der Waals surface area contributed by atoms with Gasteiger partial charge < -0.3 is 0 Å². The second-order valence-electron chi connectivity index (χ2n) is 11.2. The van der Waals surface area contributed by atoms with Crippen molar-refractivity contribution in [2.45, 2.75) is 77.0 Å². The van der Waals surface area contributed by atoms with E-state index in [4.69, 9.17) is 9.98 Å². The maximum absolute atomic E-state index is 4.94. The van der Waals surface area contributed by atoms with E-state index in [1.165, 1.54) is 12.8 Å². The van der Waals surface area contributed by atoms with Crippen LogP contribution in [0.3, 0.4) is 0 Å². The number of nitrogens with zero attached hydrogens (tertiary/aromatic N) is 2. The number of rotatable bonds is 4. The van der Waals surface area contributed by atoms with Gasteiger partial charge in [0.15, 0.2) is 0 Å². The molecule has 0 unspecified atom stereocenters. The van der Waals surface area contributed by atoms with Crippen molar-refractivity contribution in [2.75, 3.05) is 0 Å². The zero-order valence-corrected chi connectivity index (χ0v) is 23.7. The van der Waals surface area contributed by atoms with E-state index in [-0.39, 0.29) is 12.1 Å². The van der Waals surface area contributed by atoms with Crippen molar-refractivity contribution in [1.82, 2.24) is 0 Å². The molecule has 0 heterocycles. The van der Waals surface area contributed by atoms with E-state index in [9.17, 15) is 0 Å². The highest BCUT2D eigenvalue weighted by Gasteiger charge is 2.23. The van der Waals surface area contributed by atoms with Crippen LogP contribution in [0.25, 0.3) is 0 Å². The summed E-state index contributed by atoms with van der Waals surface area (Å²) in [6.45, 7) is 13.6. The van der Waals surface area contributed by atoms with E-state index in [0.29, 0.717) is 0 Å². The fraction of sp³-hybridized carbons (Fsp3) is 0.400. The topological polar surface area (TPSA) is 24.7 Å². The van der Waals surface area contributed by atoms with Crippen LogP contribution in [0.5, 0.6) is 0 Å². The highest BCUT2D eigenvalue weighted by Crippen LogP contribution is 2.24. The van der Waals surface area contributed by atoms with Crippen molar-refractivity contribution in [3.63, 3.8) is 0 Å². The Balaban J connectivity index is 1.64. The molecule has 1 aliphatic carbocycles. The van der Waals surface area contributed by atoms with Crippen molar-refractivity contribution in [1.29, 1.82) is 0 Å². The second-order valence-corrected chi connectivity index (χ2v) is 20.7. The number of hydrogen-bond donors (Lipinski definition) is 0. The minimum atomic E-state index is -1.35. The minimum absolute atomic E-state index is 0.248. The van der Waals surface area contributed by atoms with Gasteiger partial charge in [-0.1, -0.05) is 88.2 Å². The lowest BCUT2D eigenvalue weighted by atomic mass is 9.91. The smallest absolute Gasteiger partial charge is 0.129 e. The monoisotopic (exact) mass is 482 g/mol. The lowest BCUT2D eigenvalue weighted by Gasteiger charge is -2.25. The van der Waals surface area contributed by atoms with Gasteiger partial charge >= 0.3 is 0 Å². The van der Waals surface area contributed by atoms with Crippen LogP contribution in [-0.4, -0.2) is 40.7 Å². The Labute approximate surface area is 209 Å². The van der Waals surface area contributed by atoms with Crippen LogP contribution in [0.1, 0.15) is 47.9 Å². The molecule has 2 aromatic rings. The van der Waals surface area contributed by atoms with E-state index in [2.05, 4.69) is 111 Å². The second kappa shape index (κ2) is 11.6. The fourth-order valence-electron chi connectivity index (χ4n) is 3.63. The van der Waals surface area contributed by atoms with Gasteiger partial charge in [-0.2, -0.15) is 0 Å². The van der Waals surface area contributed by atoms with Gasteiger partial charge in [-0.05, 0) is 48.2 Å². The molecule has 0 aliphatic heterocycles. The van der Waals surface area contributed by atoms with Crippen LogP contribution < -0.4 is 0 Å². The van der Waals surface area contributed by atoms with E-state index in [1.807, 2.05) is 12.4 Å². The minimum Gasteiger partial charge on any atom is -0.287 e. The quantitative estimate of drug-likeness (QED) is 0.255. The average Bonchev–Trinajstić information content (AvgIpc) is 2.79. The molecule has 2 nitrogen and oxygen atoms in total. The van der Waals surface area contributed by atoms with Gasteiger partial charge in [-0.3, -0.25) is 9.98 Å². The van der Waals surface area contributed by atoms with Crippen LogP contribution in [0.15, 0.2) is 58.5 Å². The molecule has 2 aromatic carbocycles. The molecule has 176 valence electrons. The third kappa shape index (κ3) is 9.30. The lowest BCUT2D eigenvalue weighted by molar-refractivity contribution is 0.390. The maximum Gasteiger partial charge on any atom is 0.129 e. The first-order chi connectivity index (χ1) is 16.1. The molecular weight excluding hydrogens is 445 g/mol. The molecule has 1 saturated carbocycles. The van der Waals surface area contributed by atoms with E-state index >= 15 is 0 Å². The molecule has 3 rings (SSSR count). The Bertz CT molecular complexity index is 1030. The Kier molecular flexibility index (Phi) is 8.89. The molecule has 0 N–H and O–H groups in total. The lowest BCUT2D eigenvalue weighted by Crippen LogP contribution is -2.27. The Morgan fingerprint density at radius 2 is 0.971 bits per heavy atom. The van der Waals surface area contributed by atoms with Gasteiger partial charge in [-0.25, -0.2) is 0 Å². The molecule has 2 atom stereocenters. The SMILES string of the molecule is C[Si](C)(C)C#Cc1ccc(C=N[C@@H]2CCCC[C@H]2N=Cc2ccc(C#C[Si](C)(C)C)cc2)cc1. The molecule has 0 saturated heterocycles. The van der Waals surface area contributed by atoms with E-state index in [1.54, 1.807) is 0 Å². The zero-order valence-electron chi connectivity index (χ0n) is 21.7. The van der Waals surface area contributed by atoms with E-state index in [0.717, 1.165) is 35.1 Å². The van der Waals surface area contributed by atoms with Gasteiger partial charge in [0.2, 0.25) is 0 Å². The van der Waals surface area contributed by atoms with E-state index < -0.39 is 16.1 Å². The highest BCUT2D eigenvalue weighted by atomic mass is 28.3. The van der Waals surface area contributed by atoms with Crippen molar-refractivity contribution in [2.24, 2.45) is 9.98 Å². The Morgan fingerprint density at radius 1 is 0.618 bits per heavy atom. The highest BCUT2D eigenvalue weighted by molar-refractivity contribution is 6.84. The molecule has 0 bridgehead atoms. The molecule has 4 heteroatoms. The number of aliphatic imine (C=N–C) groups is 2. The number of benzene rings is 2. The number of hydrogen-bond acceptors (Lipinski definition) is 2. The predicted octanol–water partition coefficient (Wildman–Crippen LogP) is 6.99. The van der Waals surface area contributed by atoms with Gasteiger partial charge in [0.05, 0.1) is 12.1 Å². The summed E-state index contributed by atoms with van der Waals surface area (Å²) in [7, 11) is -2.70. The standard InChI is InChI=1S/C30H38N2Si2/c1-33(2,3)21-19-25-11-15-27(16-12-25)23-31-29-9-7-8-10-30(29)32-24-28-17-13-26(14-18-28)20-22-34(4,5)6/h11-18,23-24,29-30H,7-10H2,1-6H3/t29-,30-/m1/s1. The molecule has 0 aromatic heterocycles. The van der Waals surface area contributed by atoms with Gasteiger partial charge in [0.25, 0.3) is 0 Å². The van der Waals surface area contributed by atoms with Crippen LogP contribution in [0.4, 0.5) is 0 Å². The molecule has 0 amide bonds. The average molecular weight is 483 g/mol. The first kappa shape index (κ1) is 25.9. The van der Waals surface area contributed by atoms with Crippen molar-refractivity contribution in [3.05, 3.63) is 70.8 Å². The third-order valence-corrected chi connectivity index (χ3v) is 7.26. The summed E-state index contributed by atoms with van der Waals surface area (Å²) >= 11 is 0. The fourth-order valence-corrected chi connectivity index (χ4v) is 4.67. The zero-order chi connectivity index (χ0) is 24.6. The molecule has 0 spiro atoms.